The topological polar surface area (TPSA) is 32.8 Å². The molecule has 5 heteroatoms. The van der Waals surface area contributed by atoms with Crippen LogP contribution in [-0.2, 0) is 4.74 Å². The van der Waals surface area contributed by atoms with Crippen LogP contribution < -0.4 is 0 Å². The Morgan fingerprint density at radius 1 is 1.47 bits per heavy atom. The molecule has 0 N–H and O–H groups in total. The van der Waals surface area contributed by atoms with Crippen LogP contribution in [0.15, 0.2) is 0 Å². The van der Waals surface area contributed by atoms with Crippen molar-refractivity contribution in [3.8, 4) is 0 Å². The van der Waals surface area contributed by atoms with E-state index < -0.39 is 17.4 Å². The molecule has 0 saturated carbocycles. The van der Waals surface area contributed by atoms with Crippen LogP contribution in [0.3, 0.4) is 0 Å². The van der Waals surface area contributed by atoms with Gasteiger partial charge < -0.3 is 14.5 Å². The monoisotopic (exact) mass is 246 g/mol. The Labute approximate surface area is 103 Å². The van der Waals surface area contributed by atoms with Gasteiger partial charge in [0.25, 0.3) is 0 Å². The summed E-state index contributed by atoms with van der Waals surface area (Å²) in [5.74, 6) is 0. The Hall–Kier alpha value is -0.840. The van der Waals surface area contributed by atoms with E-state index in [0.29, 0.717) is 19.5 Å². The maximum Gasteiger partial charge on any atom is 0.410 e. The number of ether oxygens (including phenoxy) is 1. The van der Waals surface area contributed by atoms with Crippen molar-refractivity contribution in [2.24, 2.45) is 0 Å². The molecule has 1 amide bonds. The van der Waals surface area contributed by atoms with Gasteiger partial charge in [0.15, 0.2) is 0 Å². The summed E-state index contributed by atoms with van der Waals surface area (Å²) < 4.78 is 19.5. The number of halogens is 1. The third kappa shape index (κ3) is 4.50. The first kappa shape index (κ1) is 14.2. The molecule has 0 aromatic rings. The van der Waals surface area contributed by atoms with E-state index in [-0.39, 0.29) is 6.54 Å². The summed E-state index contributed by atoms with van der Waals surface area (Å²) in [6.45, 7) is 6.32. The van der Waals surface area contributed by atoms with Crippen molar-refractivity contribution in [1.82, 2.24) is 9.80 Å². The Morgan fingerprint density at radius 3 is 2.53 bits per heavy atom. The van der Waals surface area contributed by atoms with E-state index >= 15 is 0 Å². The molecular weight excluding hydrogens is 223 g/mol. The minimum atomic E-state index is -1.31. The van der Waals surface area contributed by atoms with Gasteiger partial charge in [-0.2, -0.15) is 0 Å². The number of amides is 1. The second-order valence-corrected chi connectivity index (χ2v) is 6.04. The molecule has 0 bridgehead atoms. The average Bonchev–Trinajstić information content (AvgIpc) is 2.43. The quantitative estimate of drug-likeness (QED) is 0.746. The molecule has 100 valence electrons. The average molecular weight is 246 g/mol. The van der Waals surface area contributed by atoms with Gasteiger partial charge in [-0.3, -0.25) is 0 Å². The second-order valence-electron chi connectivity index (χ2n) is 6.04. The van der Waals surface area contributed by atoms with Gasteiger partial charge in [0.05, 0.1) is 6.54 Å². The van der Waals surface area contributed by atoms with Crippen molar-refractivity contribution in [3.05, 3.63) is 0 Å². The van der Waals surface area contributed by atoms with Gasteiger partial charge >= 0.3 is 6.09 Å². The first-order valence-electron chi connectivity index (χ1n) is 5.93. The molecule has 1 rings (SSSR count). The SMILES string of the molecule is CN(C)CC1(F)CCN(C(=O)OC(C)(C)C)C1. The first-order valence-corrected chi connectivity index (χ1v) is 5.93. The molecular formula is C12H23FN2O2. The van der Waals surface area contributed by atoms with E-state index in [9.17, 15) is 9.18 Å². The van der Waals surface area contributed by atoms with Gasteiger partial charge in [0, 0.05) is 19.5 Å². The fourth-order valence-electron chi connectivity index (χ4n) is 2.01. The van der Waals surface area contributed by atoms with Crippen LogP contribution in [0, 0.1) is 0 Å². The Kier molecular flexibility index (Phi) is 4.02. The molecule has 1 heterocycles. The molecule has 1 unspecified atom stereocenters. The standard InChI is InChI=1S/C12H23FN2O2/c1-11(2,3)17-10(16)15-7-6-12(13,9-15)8-14(4)5/h6-9H2,1-5H3. The minimum Gasteiger partial charge on any atom is -0.444 e. The molecule has 1 fully saturated rings. The highest BCUT2D eigenvalue weighted by atomic mass is 19.1. The predicted octanol–water partition coefficient (Wildman–Crippen LogP) is 1.90. The van der Waals surface area contributed by atoms with Gasteiger partial charge in [-0.05, 0) is 34.9 Å². The number of likely N-dealkylation sites (tertiary alicyclic amines) is 1. The number of nitrogens with zero attached hydrogens (tertiary/aromatic N) is 2. The van der Waals surface area contributed by atoms with Crippen molar-refractivity contribution >= 4 is 6.09 Å². The predicted molar refractivity (Wildman–Crippen MR) is 64.8 cm³/mol. The van der Waals surface area contributed by atoms with Crippen LogP contribution in [0.2, 0.25) is 0 Å². The number of rotatable bonds is 2. The summed E-state index contributed by atoms with van der Waals surface area (Å²) in [5, 5.41) is 0. The summed E-state index contributed by atoms with van der Waals surface area (Å²) in [4.78, 5) is 15.0. The highest BCUT2D eigenvalue weighted by Crippen LogP contribution is 2.27. The van der Waals surface area contributed by atoms with E-state index in [4.69, 9.17) is 4.74 Å². The maximum absolute atomic E-state index is 14.3. The number of hydrogen-bond acceptors (Lipinski definition) is 3. The third-order valence-electron chi connectivity index (χ3n) is 2.56. The highest BCUT2D eigenvalue weighted by Gasteiger charge is 2.41. The zero-order valence-corrected chi connectivity index (χ0v) is 11.4. The van der Waals surface area contributed by atoms with E-state index in [0.717, 1.165) is 0 Å². The lowest BCUT2D eigenvalue weighted by Crippen LogP contribution is -2.41. The molecule has 0 aliphatic carbocycles. The molecule has 0 radical (unpaired) electrons. The fourth-order valence-corrected chi connectivity index (χ4v) is 2.01. The van der Waals surface area contributed by atoms with Crippen molar-refractivity contribution in [2.75, 3.05) is 33.7 Å². The van der Waals surface area contributed by atoms with Crippen molar-refractivity contribution in [3.63, 3.8) is 0 Å². The summed E-state index contributed by atoms with van der Waals surface area (Å²) in [6, 6.07) is 0. The smallest absolute Gasteiger partial charge is 0.410 e. The zero-order chi connectivity index (χ0) is 13.3. The number of carbonyl (C=O) groups excluding carboxylic acids is 1. The Morgan fingerprint density at radius 2 is 2.06 bits per heavy atom. The van der Waals surface area contributed by atoms with Crippen LogP contribution in [0.25, 0.3) is 0 Å². The molecule has 1 atom stereocenters. The molecule has 1 saturated heterocycles. The normalized spacial score (nSPS) is 25.5. The van der Waals surface area contributed by atoms with Gasteiger partial charge in [-0.25, -0.2) is 9.18 Å². The number of carbonyl (C=O) groups is 1. The fraction of sp³-hybridized carbons (Fsp3) is 0.917. The minimum absolute atomic E-state index is 0.125. The van der Waals surface area contributed by atoms with Crippen molar-refractivity contribution < 1.29 is 13.9 Å². The zero-order valence-electron chi connectivity index (χ0n) is 11.4. The molecule has 0 aromatic heterocycles. The van der Waals surface area contributed by atoms with Gasteiger partial charge in [-0.15, -0.1) is 0 Å². The van der Waals surface area contributed by atoms with E-state index in [1.807, 2.05) is 34.9 Å². The maximum atomic E-state index is 14.3. The summed E-state index contributed by atoms with van der Waals surface area (Å²) in [5.41, 5.74) is -1.83. The van der Waals surface area contributed by atoms with Gasteiger partial charge in [0.1, 0.15) is 11.3 Å². The molecule has 4 nitrogen and oxygen atoms in total. The lowest BCUT2D eigenvalue weighted by Gasteiger charge is -2.26. The summed E-state index contributed by atoms with van der Waals surface area (Å²) >= 11 is 0. The third-order valence-corrected chi connectivity index (χ3v) is 2.56. The van der Waals surface area contributed by atoms with E-state index in [1.54, 1.807) is 4.90 Å². The molecule has 0 spiro atoms. The Bertz CT molecular complexity index is 289. The van der Waals surface area contributed by atoms with E-state index in [1.165, 1.54) is 4.90 Å². The highest BCUT2D eigenvalue weighted by molar-refractivity contribution is 5.68. The second kappa shape index (κ2) is 4.80. The molecule has 1 aliphatic rings. The van der Waals surface area contributed by atoms with Crippen LogP contribution >= 0.6 is 0 Å². The summed E-state index contributed by atoms with van der Waals surface area (Å²) in [6.07, 6.45) is -0.0412. The van der Waals surface area contributed by atoms with Crippen LogP contribution in [0.5, 0.6) is 0 Å². The molecule has 17 heavy (non-hydrogen) atoms. The first-order chi connectivity index (χ1) is 7.61. The van der Waals surface area contributed by atoms with E-state index in [2.05, 4.69) is 0 Å². The van der Waals surface area contributed by atoms with Gasteiger partial charge in [-0.1, -0.05) is 0 Å². The van der Waals surface area contributed by atoms with Gasteiger partial charge in [0.2, 0.25) is 0 Å². The Balaban J connectivity index is 2.52. The summed E-state index contributed by atoms with van der Waals surface area (Å²) in [7, 11) is 3.66. The van der Waals surface area contributed by atoms with Crippen LogP contribution in [-0.4, -0.2) is 60.9 Å². The number of alkyl halides is 1. The largest absolute Gasteiger partial charge is 0.444 e. The molecule has 1 aliphatic heterocycles. The lowest BCUT2D eigenvalue weighted by molar-refractivity contribution is 0.0246. The lowest BCUT2D eigenvalue weighted by atomic mass is 10.1. The number of hydrogen-bond donors (Lipinski definition) is 0. The van der Waals surface area contributed by atoms with Crippen molar-refractivity contribution in [1.29, 1.82) is 0 Å². The molecule has 0 aromatic carbocycles. The van der Waals surface area contributed by atoms with Crippen LogP contribution in [0.4, 0.5) is 9.18 Å². The van der Waals surface area contributed by atoms with Crippen molar-refractivity contribution in [2.45, 2.75) is 38.5 Å². The van der Waals surface area contributed by atoms with Crippen LogP contribution in [0.1, 0.15) is 27.2 Å².